The molecule has 7 nitrogen and oxygen atoms in total. The molecule has 0 radical (unpaired) electrons. The van der Waals surface area contributed by atoms with Gasteiger partial charge in [-0.25, -0.2) is 9.18 Å². The molecular weight excluding hydrogens is 425 g/mol. The molecule has 1 aliphatic heterocycles. The fraction of sp³-hybridized carbons (Fsp3) is 0.160. The third kappa shape index (κ3) is 5.17. The first kappa shape index (κ1) is 22.0. The number of hydrogen-bond donors (Lipinski definition) is 2. The van der Waals surface area contributed by atoms with Gasteiger partial charge in [-0.2, -0.15) is 0 Å². The summed E-state index contributed by atoms with van der Waals surface area (Å²) in [6, 6.07) is 20.6. The minimum absolute atomic E-state index is 0.0524. The Morgan fingerprint density at radius 1 is 0.939 bits per heavy atom. The van der Waals surface area contributed by atoms with Crippen molar-refractivity contribution < 1.29 is 23.5 Å². The minimum Gasteiger partial charge on any atom is -0.438 e. The molecule has 3 aromatic carbocycles. The van der Waals surface area contributed by atoms with Gasteiger partial charge in [-0.05, 0) is 41.0 Å². The summed E-state index contributed by atoms with van der Waals surface area (Å²) < 4.78 is 18.6. The summed E-state index contributed by atoms with van der Waals surface area (Å²) >= 11 is 0. The molecule has 3 N–H and O–H groups in total. The van der Waals surface area contributed by atoms with Crippen LogP contribution in [0.5, 0.6) is 0 Å². The molecule has 1 aliphatic rings. The summed E-state index contributed by atoms with van der Waals surface area (Å²) in [5.41, 5.74) is 8.27. The summed E-state index contributed by atoms with van der Waals surface area (Å²) in [4.78, 5) is 38.2. The summed E-state index contributed by atoms with van der Waals surface area (Å²) in [5.74, 6) is -1.28. The normalized spacial score (nSPS) is 17.5. The van der Waals surface area contributed by atoms with E-state index in [1.807, 2.05) is 30.3 Å². The van der Waals surface area contributed by atoms with Gasteiger partial charge in [-0.3, -0.25) is 14.5 Å². The van der Waals surface area contributed by atoms with Gasteiger partial charge in [-0.15, -0.1) is 0 Å². The predicted molar refractivity (Wildman–Crippen MR) is 119 cm³/mol. The smallest absolute Gasteiger partial charge is 0.411 e. The molecule has 1 fully saturated rings. The number of benzene rings is 3. The Morgan fingerprint density at radius 2 is 1.61 bits per heavy atom. The first-order valence-electron chi connectivity index (χ1n) is 10.4. The van der Waals surface area contributed by atoms with Crippen LogP contribution in [0.15, 0.2) is 78.9 Å². The molecule has 168 valence electrons. The number of rotatable bonds is 7. The van der Waals surface area contributed by atoms with Crippen molar-refractivity contribution in [3.63, 3.8) is 0 Å². The average Bonchev–Trinajstić information content (AvgIpc) is 3.12. The lowest BCUT2D eigenvalue weighted by Crippen LogP contribution is -2.43. The second-order valence-corrected chi connectivity index (χ2v) is 7.74. The van der Waals surface area contributed by atoms with Gasteiger partial charge >= 0.3 is 6.09 Å². The van der Waals surface area contributed by atoms with E-state index >= 15 is 0 Å². The number of amides is 3. The summed E-state index contributed by atoms with van der Waals surface area (Å²) in [6.45, 7) is 0.0524. The van der Waals surface area contributed by atoms with E-state index in [2.05, 4.69) is 5.32 Å². The molecule has 1 saturated heterocycles. The third-order valence-corrected chi connectivity index (χ3v) is 5.37. The van der Waals surface area contributed by atoms with Crippen LogP contribution in [0.4, 0.5) is 14.9 Å². The fourth-order valence-corrected chi connectivity index (χ4v) is 3.76. The van der Waals surface area contributed by atoms with Gasteiger partial charge in [0.25, 0.3) is 0 Å². The Kier molecular flexibility index (Phi) is 6.35. The van der Waals surface area contributed by atoms with Crippen LogP contribution in [0, 0.1) is 5.82 Å². The van der Waals surface area contributed by atoms with Gasteiger partial charge in [0.05, 0.1) is 13.0 Å². The number of cyclic esters (lactones) is 1. The van der Waals surface area contributed by atoms with Crippen LogP contribution >= 0.6 is 0 Å². The number of hydrogen-bond acceptors (Lipinski definition) is 4. The van der Waals surface area contributed by atoms with Crippen LogP contribution in [0.2, 0.25) is 0 Å². The number of primary amides is 1. The number of nitrogens with two attached hydrogens (primary N) is 1. The van der Waals surface area contributed by atoms with E-state index < -0.39 is 30.0 Å². The summed E-state index contributed by atoms with van der Waals surface area (Å²) in [5, 5.41) is 2.82. The van der Waals surface area contributed by atoms with Gasteiger partial charge in [0.2, 0.25) is 11.8 Å². The van der Waals surface area contributed by atoms with Crippen LogP contribution in [0.25, 0.3) is 0 Å². The Bertz CT molecular complexity index is 1150. The van der Waals surface area contributed by atoms with E-state index in [-0.39, 0.29) is 18.9 Å². The lowest BCUT2D eigenvalue weighted by Gasteiger charge is -2.22. The van der Waals surface area contributed by atoms with Crippen LogP contribution in [0.3, 0.4) is 0 Å². The highest BCUT2D eigenvalue weighted by Crippen LogP contribution is 2.34. The van der Waals surface area contributed by atoms with E-state index in [1.165, 1.54) is 29.2 Å². The molecule has 8 heteroatoms. The molecule has 0 aromatic heterocycles. The van der Waals surface area contributed by atoms with Crippen molar-refractivity contribution in [1.82, 2.24) is 4.90 Å². The molecule has 3 aromatic rings. The lowest BCUT2D eigenvalue weighted by atomic mass is 10.0. The second-order valence-electron chi connectivity index (χ2n) is 7.74. The Morgan fingerprint density at radius 3 is 2.24 bits per heavy atom. The number of halogens is 1. The summed E-state index contributed by atoms with van der Waals surface area (Å²) in [7, 11) is 0. The maximum atomic E-state index is 13.2. The molecule has 1 heterocycles. The van der Waals surface area contributed by atoms with Crippen molar-refractivity contribution in [1.29, 1.82) is 0 Å². The zero-order chi connectivity index (χ0) is 23.4. The van der Waals surface area contributed by atoms with Gasteiger partial charge in [0.15, 0.2) is 12.1 Å². The second kappa shape index (κ2) is 9.52. The molecule has 2 unspecified atom stereocenters. The predicted octanol–water partition coefficient (Wildman–Crippen LogP) is 3.55. The number of anilines is 1. The number of nitrogens with one attached hydrogen (secondary N) is 1. The molecule has 0 spiro atoms. The standard InChI is InChI=1S/C25H22FN3O4/c26-19-10-6-17(7-11-19)15-29-22(24(27)31)23(33-25(29)32)18-8-12-20(13-9-18)28-21(30)14-16-4-2-1-3-5-16/h1-13,22-23H,14-15H2,(H2,27,31)(H,28,30). The van der Waals surface area contributed by atoms with Crippen LogP contribution in [0.1, 0.15) is 22.8 Å². The van der Waals surface area contributed by atoms with Crippen molar-refractivity contribution in [3.05, 3.63) is 101 Å². The topological polar surface area (TPSA) is 102 Å². The van der Waals surface area contributed by atoms with Crippen molar-refractivity contribution >= 4 is 23.6 Å². The first-order valence-corrected chi connectivity index (χ1v) is 10.4. The van der Waals surface area contributed by atoms with E-state index in [9.17, 15) is 18.8 Å². The molecule has 4 rings (SSSR count). The van der Waals surface area contributed by atoms with Gasteiger partial charge in [-0.1, -0.05) is 54.6 Å². The summed E-state index contributed by atoms with van der Waals surface area (Å²) in [6.07, 6.45) is -1.34. The van der Waals surface area contributed by atoms with Crippen LogP contribution < -0.4 is 11.1 Å². The monoisotopic (exact) mass is 447 g/mol. The van der Waals surface area contributed by atoms with Crippen LogP contribution in [-0.4, -0.2) is 28.8 Å². The first-order chi connectivity index (χ1) is 15.9. The van der Waals surface area contributed by atoms with Gasteiger partial charge < -0.3 is 15.8 Å². The number of carbonyl (C=O) groups is 3. The molecule has 3 amide bonds. The molecular formula is C25H22FN3O4. The van der Waals surface area contributed by atoms with E-state index in [0.717, 1.165) is 5.56 Å². The largest absolute Gasteiger partial charge is 0.438 e. The zero-order valence-corrected chi connectivity index (χ0v) is 17.6. The van der Waals surface area contributed by atoms with Crippen molar-refractivity contribution in [2.24, 2.45) is 5.73 Å². The van der Waals surface area contributed by atoms with E-state index in [4.69, 9.17) is 10.5 Å². The highest BCUT2D eigenvalue weighted by Gasteiger charge is 2.46. The maximum Gasteiger partial charge on any atom is 0.411 e. The lowest BCUT2D eigenvalue weighted by molar-refractivity contribution is -0.123. The number of nitrogens with zero attached hydrogens (tertiary/aromatic N) is 1. The highest BCUT2D eigenvalue weighted by atomic mass is 19.1. The minimum atomic E-state index is -1.03. The Hall–Kier alpha value is -4.20. The molecule has 0 saturated carbocycles. The van der Waals surface area contributed by atoms with Gasteiger partial charge in [0, 0.05) is 5.69 Å². The SMILES string of the molecule is NC(=O)C1C(c2ccc(NC(=O)Cc3ccccc3)cc2)OC(=O)N1Cc1ccc(F)cc1. The van der Waals surface area contributed by atoms with Crippen molar-refractivity contribution in [3.8, 4) is 0 Å². The molecule has 33 heavy (non-hydrogen) atoms. The highest BCUT2D eigenvalue weighted by molar-refractivity contribution is 5.92. The average molecular weight is 447 g/mol. The fourth-order valence-electron chi connectivity index (χ4n) is 3.76. The van der Waals surface area contributed by atoms with Gasteiger partial charge in [0.1, 0.15) is 5.82 Å². The maximum absolute atomic E-state index is 13.2. The molecule has 0 bridgehead atoms. The third-order valence-electron chi connectivity index (χ3n) is 5.37. The van der Waals surface area contributed by atoms with E-state index in [1.54, 1.807) is 24.3 Å². The Balaban J connectivity index is 1.46. The van der Waals surface area contributed by atoms with Crippen molar-refractivity contribution in [2.45, 2.75) is 25.1 Å². The molecule has 0 aliphatic carbocycles. The quantitative estimate of drug-likeness (QED) is 0.578. The van der Waals surface area contributed by atoms with E-state index in [0.29, 0.717) is 16.8 Å². The van der Waals surface area contributed by atoms with Crippen LogP contribution in [-0.2, 0) is 27.3 Å². The Labute approximate surface area is 190 Å². The van der Waals surface area contributed by atoms with Crippen molar-refractivity contribution in [2.75, 3.05) is 5.32 Å². The molecule has 2 atom stereocenters. The number of carbonyl (C=O) groups excluding carboxylic acids is 3. The number of ether oxygens (including phenoxy) is 1. The zero-order valence-electron chi connectivity index (χ0n) is 17.6.